The fourth-order valence-corrected chi connectivity index (χ4v) is 3.11. The molecular weight excluding hydrogens is 305 g/mol. The molecule has 1 amide bonds. The van der Waals surface area contributed by atoms with Gasteiger partial charge in [-0.2, -0.15) is 0 Å². The van der Waals surface area contributed by atoms with Gasteiger partial charge in [0.15, 0.2) is 5.12 Å². The van der Waals surface area contributed by atoms with E-state index >= 15 is 0 Å². The maximum absolute atomic E-state index is 13.6. The topological polar surface area (TPSA) is 46.6 Å². The number of halogens is 1. The van der Waals surface area contributed by atoms with Crippen molar-refractivity contribution in [3.63, 3.8) is 0 Å². The Morgan fingerprint density at radius 2 is 2.23 bits per heavy atom. The van der Waals surface area contributed by atoms with E-state index < -0.39 is 5.82 Å². The predicted octanol–water partition coefficient (Wildman–Crippen LogP) is 3.25. The largest absolute Gasteiger partial charge is 0.489 e. The van der Waals surface area contributed by atoms with Crippen molar-refractivity contribution in [3.05, 3.63) is 24.0 Å². The third-order valence-electron chi connectivity index (χ3n) is 3.30. The Morgan fingerprint density at radius 3 is 2.86 bits per heavy atom. The summed E-state index contributed by atoms with van der Waals surface area (Å²) in [6.07, 6.45) is 0.309. The summed E-state index contributed by atoms with van der Waals surface area (Å²) in [7, 11) is 0. The summed E-state index contributed by atoms with van der Waals surface area (Å²) in [5.74, 6) is 0.739. The molecule has 22 heavy (non-hydrogen) atoms. The molecule has 0 aliphatic carbocycles. The van der Waals surface area contributed by atoms with Crippen LogP contribution in [0.1, 0.15) is 27.2 Å². The van der Waals surface area contributed by atoms with Crippen LogP contribution in [0.25, 0.3) is 0 Å². The Kier molecular flexibility index (Phi) is 5.45. The summed E-state index contributed by atoms with van der Waals surface area (Å²) < 4.78 is 19.2. The normalized spacial score (nSPS) is 18.1. The van der Waals surface area contributed by atoms with E-state index in [1.165, 1.54) is 30.8 Å². The van der Waals surface area contributed by atoms with Crippen LogP contribution in [0, 0.1) is 11.7 Å². The second-order valence-electron chi connectivity index (χ2n) is 5.66. The molecule has 1 heterocycles. The Morgan fingerprint density at radius 1 is 1.50 bits per heavy atom. The number of anilines is 1. The van der Waals surface area contributed by atoms with Crippen LogP contribution in [0.3, 0.4) is 0 Å². The molecule has 0 saturated carbocycles. The van der Waals surface area contributed by atoms with Gasteiger partial charge in [-0.3, -0.25) is 9.59 Å². The zero-order chi connectivity index (χ0) is 16.3. The molecule has 0 spiro atoms. The third-order valence-corrected chi connectivity index (χ3v) is 4.35. The Balaban J connectivity index is 2.18. The van der Waals surface area contributed by atoms with Crippen LogP contribution >= 0.6 is 11.8 Å². The molecule has 1 unspecified atom stereocenters. The van der Waals surface area contributed by atoms with Crippen LogP contribution in [0.4, 0.5) is 10.1 Å². The minimum Gasteiger partial charge on any atom is -0.489 e. The molecule has 0 radical (unpaired) electrons. The van der Waals surface area contributed by atoms with E-state index in [2.05, 4.69) is 0 Å². The minimum atomic E-state index is -0.402. The second-order valence-corrected chi connectivity index (χ2v) is 6.85. The van der Waals surface area contributed by atoms with Crippen LogP contribution in [0.15, 0.2) is 18.2 Å². The van der Waals surface area contributed by atoms with E-state index in [-0.39, 0.29) is 23.0 Å². The van der Waals surface area contributed by atoms with Crippen molar-refractivity contribution in [1.29, 1.82) is 0 Å². The Bertz CT molecular complexity index is 577. The van der Waals surface area contributed by atoms with Gasteiger partial charge in [-0.15, -0.1) is 0 Å². The molecule has 0 N–H and O–H groups in total. The molecule has 0 bridgehead atoms. The van der Waals surface area contributed by atoms with E-state index in [0.717, 1.165) is 0 Å². The predicted molar refractivity (Wildman–Crippen MR) is 85.8 cm³/mol. The lowest BCUT2D eigenvalue weighted by Crippen LogP contribution is -2.26. The second kappa shape index (κ2) is 7.13. The van der Waals surface area contributed by atoms with Crippen LogP contribution < -0.4 is 9.64 Å². The zero-order valence-electron chi connectivity index (χ0n) is 13.0. The summed E-state index contributed by atoms with van der Waals surface area (Å²) in [4.78, 5) is 24.8. The van der Waals surface area contributed by atoms with Crippen LogP contribution in [-0.2, 0) is 9.59 Å². The maximum atomic E-state index is 13.6. The summed E-state index contributed by atoms with van der Waals surface area (Å²) in [6, 6.07) is 4.20. The maximum Gasteiger partial charge on any atom is 0.227 e. The Labute approximate surface area is 134 Å². The molecule has 0 aromatic heterocycles. The molecule has 1 aliphatic heterocycles. The van der Waals surface area contributed by atoms with Gasteiger partial charge in [-0.25, -0.2) is 4.39 Å². The van der Waals surface area contributed by atoms with Crippen molar-refractivity contribution >= 4 is 28.5 Å². The molecule has 1 fully saturated rings. The molecule has 1 atom stereocenters. The standard InChI is InChI=1S/C16H20FNO3S/c1-10(2)21-15-5-4-13(17)7-14(15)18-8-12(6-16(18)20)9-22-11(3)19/h4-5,7,10,12H,6,8-9H2,1-3H3. The number of hydrogen-bond acceptors (Lipinski definition) is 4. The van der Waals surface area contributed by atoms with E-state index in [9.17, 15) is 14.0 Å². The highest BCUT2D eigenvalue weighted by atomic mass is 32.2. The van der Waals surface area contributed by atoms with Gasteiger partial charge in [0.05, 0.1) is 11.8 Å². The van der Waals surface area contributed by atoms with E-state index in [4.69, 9.17) is 4.74 Å². The van der Waals surface area contributed by atoms with Gasteiger partial charge < -0.3 is 9.64 Å². The van der Waals surface area contributed by atoms with E-state index in [0.29, 0.717) is 30.2 Å². The lowest BCUT2D eigenvalue weighted by molar-refractivity contribution is -0.117. The molecule has 120 valence electrons. The number of carbonyl (C=O) groups excluding carboxylic acids is 2. The van der Waals surface area contributed by atoms with Gasteiger partial charge in [0.2, 0.25) is 5.91 Å². The Hall–Kier alpha value is -1.56. The average Bonchev–Trinajstić information content (AvgIpc) is 2.79. The van der Waals surface area contributed by atoms with Crippen molar-refractivity contribution in [1.82, 2.24) is 0 Å². The van der Waals surface area contributed by atoms with Gasteiger partial charge in [-0.1, -0.05) is 11.8 Å². The van der Waals surface area contributed by atoms with Crippen molar-refractivity contribution < 1.29 is 18.7 Å². The smallest absolute Gasteiger partial charge is 0.227 e. The molecular formula is C16H20FNO3S. The van der Waals surface area contributed by atoms with Crippen molar-refractivity contribution in [3.8, 4) is 5.75 Å². The first-order chi connectivity index (χ1) is 10.4. The molecule has 2 rings (SSSR count). The number of nitrogens with zero attached hydrogens (tertiary/aromatic N) is 1. The minimum absolute atomic E-state index is 0.0421. The lowest BCUT2D eigenvalue weighted by Gasteiger charge is -2.22. The summed E-state index contributed by atoms with van der Waals surface area (Å²) in [6.45, 7) is 5.76. The van der Waals surface area contributed by atoms with Crippen LogP contribution in [-0.4, -0.2) is 29.4 Å². The number of amides is 1. The summed E-state index contributed by atoms with van der Waals surface area (Å²) >= 11 is 1.22. The zero-order valence-corrected chi connectivity index (χ0v) is 13.8. The highest BCUT2D eigenvalue weighted by molar-refractivity contribution is 8.13. The summed E-state index contributed by atoms with van der Waals surface area (Å²) in [5.41, 5.74) is 0.467. The molecule has 4 nitrogen and oxygen atoms in total. The molecule has 1 aromatic carbocycles. The average molecular weight is 325 g/mol. The third kappa shape index (κ3) is 4.22. The first-order valence-electron chi connectivity index (χ1n) is 7.26. The highest BCUT2D eigenvalue weighted by Crippen LogP contribution is 2.35. The van der Waals surface area contributed by atoms with Crippen molar-refractivity contribution in [2.75, 3.05) is 17.2 Å². The molecule has 1 aromatic rings. The van der Waals surface area contributed by atoms with Crippen LogP contribution in [0.2, 0.25) is 0 Å². The fraction of sp³-hybridized carbons (Fsp3) is 0.500. The molecule has 1 saturated heterocycles. The summed E-state index contributed by atoms with van der Waals surface area (Å²) in [5, 5.41) is 0.0421. The SMILES string of the molecule is CC(=O)SCC1CC(=O)N(c2cc(F)ccc2OC(C)C)C1. The van der Waals surface area contributed by atoms with Gasteiger partial charge >= 0.3 is 0 Å². The van der Waals surface area contributed by atoms with E-state index in [1.807, 2.05) is 13.8 Å². The number of thioether (sulfide) groups is 1. The van der Waals surface area contributed by atoms with Crippen molar-refractivity contribution in [2.24, 2.45) is 5.92 Å². The van der Waals surface area contributed by atoms with Gasteiger partial charge in [0.1, 0.15) is 11.6 Å². The molecule has 1 aliphatic rings. The van der Waals surface area contributed by atoms with Crippen LogP contribution in [0.5, 0.6) is 5.75 Å². The molecule has 6 heteroatoms. The number of carbonyl (C=O) groups is 2. The number of hydrogen-bond donors (Lipinski definition) is 0. The van der Waals surface area contributed by atoms with Crippen molar-refractivity contribution in [2.45, 2.75) is 33.3 Å². The number of ether oxygens (including phenoxy) is 1. The van der Waals surface area contributed by atoms with Gasteiger partial charge in [0, 0.05) is 31.7 Å². The number of rotatable bonds is 5. The quantitative estimate of drug-likeness (QED) is 0.834. The first-order valence-corrected chi connectivity index (χ1v) is 8.25. The lowest BCUT2D eigenvalue weighted by atomic mass is 10.1. The first kappa shape index (κ1) is 16.8. The number of benzene rings is 1. The van der Waals surface area contributed by atoms with Gasteiger partial charge in [0.25, 0.3) is 0 Å². The monoisotopic (exact) mass is 325 g/mol. The van der Waals surface area contributed by atoms with Gasteiger partial charge in [-0.05, 0) is 31.9 Å². The fourth-order valence-electron chi connectivity index (χ4n) is 2.42. The highest BCUT2D eigenvalue weighted by Gasteiger charge is 2.32. The van der Waals surface area contributed by atoms with E-state index in [1.54, 1.807) is 11.0 Å².